The Labute approximate surface area is 164 Å². The molecule has 1 amide bonds. The van der Waals surface area contributed by atoms with E-state index in [0.717, 1.165) is 33.3 Å². The molecule has 1 heterocycles. The third kappa shape index (κ3) is 2.86. The lowest BCUT2D eigenvalue weighted by Gasteiger charge is -2.35. The van der Waals surface area contributed by atoms with Gasteiger partial charge < -0.3 is 14.4 Å². The molecule has 0 spiro atoms. The molecule has 0 aliphatic carbocycles. The fourth-order valence-corrected chi connectivity index (χ4v) is 4.04. The first-order chi connectivity index (χ1) is 13.7. The van der Waals surface area contributed by atoms with Crippen LogP contribution in [0.25, 0.3) is 10.8 Å². The van der Waals surface area contributed by atoms with Gasteiger partial charge in [0.15, 0.2) is 0 Å². The number of fused-ring (bicyclic) bond motifs is 3. The Kier molecular flexibility index (Phi) is 4.67. The average molecular weight is 371 g/mol. The van der Waals surface area contributed by atoms with Gasteiger partial charge in [-0.1, -0.05) is 42.3 Å². The van der Waals surface area contributed by atoms with E-state index in [4.69, 9.17) is 15.9 Å². The lowest BCUT2D eigenvalue weighted by atomic mass is 9.81. The van der Waals surface area contributed by atoms with Gasteiger partial charge in [-0.25, -0.2) is 0 Å². The smallest absolute Gasteiger partial charge is 0.228 e. The number of methoxy groups -OCH3 is 2. The maximum absolute atomic E-state index is 13.0. The number of anilines is 1. The van der Waals surface area contributed by atoms with Crippen LogP contribution in [-0.4, -0.2) is 26.7 Å². The van der Waals surface area contributed by atoms with Crippen molar-refractivity contribution in [3.63, 3.8) is 0 Å². The summed E-state index contributed by atoms with van der Waals surface area (Å²) in [5, 5.41) is 2.26. The first kappa shape index (κ1) is 17.9. The fourth-order valence-electron chi connectivity index (χ4n) is 4.04. The van der Waals surface area contributed by atoms with E-state index in [-0.39, 0.29) is 18.4 Å². The number of benzene rings is 3. The Morgan fingerprint density at radius 3 is 2.68 bits per heavy atom. The molecule has 3 aromatic rings. The summed E-state index contributed by atoms with van der Waals surface area (Å²) in [6, 6.07) is 18.0. The van der Waals surface area contributed by atoms with Gasteiger partial charge in [-0.2, -0.15) is 0 Å². The zero-order valence-electron chi connectivity index (χ0n) is 15.9. The molecule has 3 aromatic carbocycles. The van der Waals surface area contributed by atoms with Gasteiger partial charge in [0, 0.05) is 29.7 Å². The minimum absolute atomic E-state index is 0.0172. The van der Waals surface area contributed by atoms with Gasteiger partial charge in [0.2, 0.25) is 5.91 Å². The average Bonchev–Trinajstić information content (AvgIpc) is 2.74. The van der Waals surface area contributed by atoms with Crippen LogP contribution in [0.2, 0.25) is 0 Å². The third-order valence-corrected chi connectivity index (χ3v) is 5.33. The second-order valence-electron chi connectivity index (χ2n) is 6.77. The molecule has 1 atom stereocenters. The normalized spacial score (nSPS) is 15.8. The Balaban J connectivity index is 1.98. The minimum atomic E-state index is -0.122. The Morgan fingerprint density at radius 2 is 1.93 bits per heavy atom. The molecule has 1 aliphatic rings. The Bertz CT molecular complexity index is 1100. The number of nitrogens with zero attached hydrogens (tertiary/aromatic N) is 1. The summed E-state index contributed by atoms with van der Waals surface area (Å²) < 4.78 is 11.0. The van der Waals surface area contributed by atoms with Crippen molar-refractivity contribution in [3.05, 3.63) is 65.7 Å². The van der Waals surface area contributed by atoms with E-state index in [1.807, 2.05) is 42.5 Å². The van der Waals surface area contributed by atoms with Crippen molar-refractivity contribution in [2.75, 3.05) is 25.7 Å². The Hall–Kier alpha value is -3.45. The maximum Gasteiger partial charge on any atom is 0.228 e. The molecular formula is C24H21NO3. The summed E-state index contributed by atoms with van der Waals surface area (Å²) >= 11 is 0. The summed E-state index contributed by atoms with van der Waals surface area (Å²) in [5.41, 5.74) is 2.95. The predicted octanol–water partition coefficient (Wildman–Crippen LogP) is 4.36. The van der Waals surface area contributed by atoms with Crippen LogP contribution in [-0.2, 0) is 4.79 Å². The van der Waals surface area contributed by atoms with Crippen LogP contribution in [0, 0.1) is 12.3 Å². The van der Waals surface area contributed by atoms with Crippen molar-refractivity contribution in [1.29, 1.82) is 0 Å². The number of amides is 1. The largest absolute Gasteiger partial charge is 0.497 e. The topological polar surface area (TPSA) is 38.8 Å². The van der Waals surface area contributed by atoms with Crippen LogP contribution in [0.1, 0.15) is 23.5 Å². The van der Waals surface area contributed by atoms with E-state index in [9.17, 15) is 4.79 Å². The van der Waals surface area contributed by atoms with Crippen molar-refractivity contribution >= 4 is 22.4 Å². The molecule has 4 nitrogen and oxygen atoms in total. The van der Waals surface area contributed by atoms with E-state index >= 15 is 0 Å². The van der Waals surface area contributed by atoms with Gasteiger partial charge in [-0.3, -0.25) is 4.79 Å². The summed E-state index contributed by atoms with van der Waals surface area (Å²) in [5.74, 6) is 3.94. The molecule has 140 valence electrons. The third-order valence-electron chi connectivity index (χ3n) is 5.33. The van der Waals surface area contributed by atoms with Crippen LogP contribution in [0.5, 0.6) is 11.5 Å². The fraction of sp³-hybridized carbons (Fsp3) is 0.208. The number of carbonyl (C=O) groups is 1. The highest BCUT2D eigenvalue weighted by molar-refractivity contribution is 6.03. The lowest BCUT2D eigenvalue weighted by molar-refractivity contribution is -0.119. The highest BCUT2D eigenvalue weighted by Crippen LogP contribution is 2.46. The van der Waals surface area contributed by atoms with Crippen molar-refractivity contribution in [2.45, 2.75) is 12.3 Å². The number of ether oxygens (including phenoxy) is 2. The van der Waals surface area contributed by atoms with Gasteiger partial charge in [0.1, 0.15) is 11.5 Å². The van der Waals surface area contributed by atoms with Crippen LogP contribution < -0.4 is 14.4 Å². The van der Waals surface area contributed by atoms with Crippen LogP contribution in [0.3, 0.4) is 0 Å². The molecule has 28 heavy (non-hydrogen) atoms. The van der Waals surface area contributed by atoms with E-state index < -0.39 is 0 Å². The lowest BCUT2D eigenvalue weighted by Crippen LogP contribution is -2.37. The van der Waals surface area contributed by atoms with Gasteiger partial charge in [0.05, 0.1) is 20.8 Å². The molecule has 0 saturated carbocycles. The molecule has 1 unspecified atom stereocenters. The van der Waals surface area contributed by atoms with Gasteiger partial charge in [0.25, 0.3) is 0 Å². The molecule has 4 rings (SSSR count). The Morgan fingerprint density at radius 1 is 1.11 bits per heavy atom. The first-order valence-corrected chi connectivity index (χ1v) is 9.15. The zero-order chi connectivity index (χ0) is 19.7. The molecule has 0 aromatic heterocycles. The van der Waals surface area contributed by atoms with E-state index in [1.165, 1.54) is 0 Å². The zero-order valence-corrected chi connectivity index (χ0v) is 15.9. The molecule has 0 N–H and O–H groups in total. The van der Waals surface area contributed by atoms with E-state index in [0.29, 0.717) is 12.2 Å². The van der Waals surface area contributed by atoms with Crippen molar-refractivity contribution < 1.29 is 14.3 Å². The molecular weight excluding hydrogens is 350 g/mol. The molecule has 0 bridgehead atoms. The maximum atomic E-state index is 13.0. The van der Waals surface area contributed by atoms with Crippen molar-refractivity contribution in [1.82, 2.24) is 0 Å². The molecule has 0 fully saturated rings. The first-order valence-electron chi connectivity index (χ1n) is 9.15. The summed E-state index contributed by atoms with van der Waals surface area (Å²) in [4.78, 5) is 14.7. The molecule has 0 radical (unpaired) electrons. The standard InChI is InChI=1S/C24H21NO3/c1-4-13-25-21-12-9-16-7-5-6-8-18(16)24(21)20(15-23(25)26)19-11-10-17(27-2)14-22(19)28-3/h1,5-12,14,20H,13,15H2,2-3H3. The second kappa shape index (κ2) is 7.28. The number of terminal acetylenes is 1. The SMILES string of the molecule is C#CCN1C(=O)CC(c2ccc(OC)cc2OC)c2c1ccc1ccccc21. The van der Waals surface area contributed by atoms with Gasteiger partial charge >= 0.3 is 0 Å². The van der Waals surface area contributed by atoms with E-state index in [1.54, 1.807) is 19.1 Å². The molecule has 0 saturated heterocycles. The van der Waals surface area contributed by atoms with Crippen molar-refractivity contribution in [3.8, 4) is 23.8 Å². The van der Waals surface area contributed by atoms with Crippen molar-refractivity contribution in [2.24, 2.45) is 0 Å². The molecule has 4 heteroatoms. The quantitative estimate of drug-likeness (QED) is 0.640. The van der Waals surface area contributed by atoms with Crippen LogP contribution in [0.15, 0.2) is 54.6 Å². The second-order valence-corrected chi connectivity index (χ2v) is 6.77. The van der Waals surface area contributed by atoms with Crippen LogP contribution >= 0.6 is 0 Å². The summed E-state index contributed by atoms with van der Waals surface area (Å²) in [7, 11) is 3.26. The summed E-state index contributed by atoms with van der Waals surface area (Å²) in [6.07, 6.45) is 5.88. The highest BCUT2D eigenvalue weighted by atomic mass is 16.5. The monoisotopic (exact) mass is 371 g/mol. The number of hydrogen-bond acceptors (Lipinski definition) is 3. The molecule has 1 aliphatic heterocycles. The summed E-state index contributed by atoms with van der Waals surface area (Å²) in [6.45, 7) is 0.261. The van der Waals surface area contributed by atoms with Crippen LogP contribution in [0.4, 0.5) is 5.69 Å². The van der Waals surface area contributed by atoms with Gasteiger partial charge in [-0.15, -0.1) is 6.42 Å². The van der Waals surface area contributed by atoms with E-state index in [2.05, 4.69) is 18.1 Å². The van der Waals surface area contributed by atoms with Gasteiger partial charge in [-0.05, 0) is 28.5 Å². The number of hydrogen-bond donors (Lipinski definition) is 0. The number of rotatable bonds is 4. The predicted molar refractivity (Wildman–Crippen MR) is 111 cm³/mol. The minimum Gasteiger partial charge on any atom is -0.497 e. The highest BCUT2D eigenvalue weighted by Gasteiger charge is 2.34. The number of carbonyl (C=O) groups excluding carboxylic acids is 1.